The van der Waals surface area contributed by atoms with Gasteiger partial charge in [-0.15, -0.1) is 0 Å². The maximum atomic E-state index is 10.4. The SMILES string of the molecule is C=CC(=O)OCOC(O)CC. The van der Waals surface area contributed by atoms with Crippen LogP contribution in [0.25, 0.3) is 0 Å². The van der Waals surface area contributed by atoms with Crippen LogP contribution in [0.4, 0.5) is 0 Å². The number of hydrogen-bond donors (Lipinski definition) is 1. The zero-order valence-electron chi connectivity index (χ0n) is 6.45. The molecule has 64 valence electrons. The van der Waals surface area contributed by atoms with E-state index in [1.807, 2.05) is 0 Å². The monoisotopic (exact) mass is 160 g/mol. The fraction of sp³-hybridized carbons (Fsp3) is 0.571. The maximum absolute atomic E-state index is 10.4. The maximum Gasteiger partial charge on any atom is 0.332 e. The molecule has 0 radical (unpaired) electrons. The second-order valence-corrected chi connectivity index (χ2v) is 1.81. The summed E-state index contributed by atoms with van der Waals surface area (Å²) in [6.45, 7) is 4.70. The Labute approximate surface area is 65.4 Å². The molecule has 0 saturated carbocycles. The average Bonchev–Trinajstić information content (AvgIpc) is 2.04. The Balaban J connectivity index is 3.26. The van der Waals surface area contributed by atoms with Crippen molar-refractivity contribution in [2.75, 3.05) is 6.79 Å². The van der Waals surface area contributed by atoms with Gasteiger partial charge in [-0.25, -0.2) is 4.79 Å². The average molecular weight is 160 g/mol. The molecule has 0 rings (SSSR count). The highest BCUT2D eigenvalue weighted by Gasteiger charge is 2.00. The van der Waals surface area contributed by atoms with E-state index in [4.69, 9.17) is 5.11 Å². The van der Waals surface area contributed by atoms with Crippen LogP contribution in [0.15, 0.2) is 12.7 Å². The Bertz CT molecular complexity index is 132. The van der Waals surface area contributed by atoms with E-state index in [0.29, 0.717) is 6.42 Å². The topological polar surface area (TPSA) is 55.8 Å². The first kappa shape index (κ1) is 10.1. The van der Waals surface area contributed by atoms with Crippen molar-refractivity contribution < 1.29 is 19.4 Å². The first-order valence-corrected chi connectivity index (χ1v) is 3.29. The number of carbonyl (C=O) groups excluding carboxylic acids is 1. The molecule has 0 amide bonds. The van der Waals surface area contributed by atoms with Gasteiger partial charge in [0.2, 0.25) is 0 Å². The molecule has 11 heavy (non-hydrogen) atoms. The molecule has 1 N–H and O–H groups in total. The smallest absolute Gasteiger partial charge is 0.332 e. The summed E-state index contributed by atoms with van der Waals surface area (Å²) in [5.74, 6) is -0.562. The van der Waals surface area contributed by atoms with Crippen LogP contribution >= 0.6 is 0 Å². The van der Waals surface area contributed by atoms with Gasteiger partial charge in [0.25, 0.3) is 0 Å². The van der Waals surface area contributed by atoms with E-state index in [1.165, 1.54) is 0 Å². The standard InChI is InChI=1S/C7H12O4/c1-3-6(8)10-5-11-7(9)4-2/h3,7,9H,1,4-5H2,2H3. The van der Waals surface area contributed by atoms with Gasteiger partial charge in [0.1, 0.15) is 0 Å². The van der Waals surface area contributed by atoms with Gasteiger partial charge in [0.05, 0.1) is 0 Å². The summed E-state index contributed by atoms with van der Waals surface area (Å²) in [4.78, 5) is 10.4. The lowest BCUT2D eigenvalue weighted by Crippen LogP contribution is -2.14. The summed E-state index contributed by atoms with van der Waals surface area (Å²) in [5.41, 5.74) is 0. The first-order valence-electron chi connectivity index (χ1n) is 3.29. The van der Waals surface area contributed by atoms with Gasteiger partial charge in [0.15, 0.2) is 13.1 Å². The molecule has 0 aliphatic carbocycles. The number of aliphatic hydroxyl groups excluding tert-OH is 1. The van der Waals surface area contributed by atoms with Gasteiger partial charge < -0.3 is 14.6 Å². The molecule has 1 atom stereocenters. The van der Waals surface area contributed by atoms with Gasteiger partial charge in [-0.3, -0.25) is 0 Å². The van der Waals surface area contributed by atoms with E-state index < -0.39 is 12.3 Å². The molecular weight excluding hydrogens is 148 g/mol. The molecule has 4 nitrogen and oxygen atoms in total. The van der Waals surface area contributed by atoms with Gasteiger partial charge in [-0.05, 0) is 6.42 Å². The van der Waals surface area contributed by atoms with Crippen LogP contribution in [-0.2, 0) is 14.3 Å². The van der Waals surface area contributed by atoms with E-state index in [2.05, 4.69) is 16.1 Å². The van der Waals surface area contributed by atoms with Gasteiger partial charge in [-0.1, -0.05) is 13.5 Å². The number of hydrogen-bond acceptors (Lipinski definition) is 4. The van der Waals surface area contributed by atoms with E-state index >= 15 is 0 Å². The summed E-state index contributed by atoms with van der Waals surface area (Å²) in [5, 5.41) is 8.80. The van der Waals surface area contributed by atoms with Crippen LogP contribution in [0.2, 0.25) is 0 Å². The van der Waals surface area contributed by atoms with E-state index in [-0.39, 0.29) is 6.79 Å². The van der Waals surface area contributed by atoms with Gasteiger partial charge >= 0.3 is 5.97 Å². The van der Waals surface area contributed by atoms with Crippen molar-refractivity contribution in [3.05, 3.63) is 12.7 Å². The van der Waals surface area contributed by atoms with E-state index in [0.717, 1.165) is 6.08 Å². The molecule has 0 aromatic heterocycles. The Hall–Kier alpha value is -0.870. The Morgan fingerprint density at radius 2 is 2.45 bits per heavy atom. The van der Waals surface area contributed by atoms with Crippen LogP contribution in [0, 0.1) is 0 Å². The molecule has 4 heteroatoms. The molecule has 0 bridgehead atoms. The largest absolute Gasteiger partial charge is 0.435 e. The third-order valence-electron chi connectivity index (χ3n) is 0.978. The molecular formula is C7H12O4. The quantitative estimate of drug-likeness (QED) is 0.359. The Kier molecular flexibility index (Phi) is 5.42. The minimum atomic E-state index is -0.868. The second kappa shape index (κ2) is 5.88. The van der Waals surface area contributed by atoms with Crippen LogP contribution in [0.5, 0.6) is 0 Å². The summed E-state index contributed by atoms with van der Waals surface area (Å²) >= 11 is 0. The number of esters is 1. The highest BCUT2D eigenvalue weighted by Crippen LogP contribution is 1.92. The summed E-state index contributed by atoms with van der Waals surface area (Å²) in [6, 6.07) is 0. The number of carbonyl (C=O) groups is 1. The van der Waals surface area contributed by atoms with Crippen molar-refractivity contribution >= 4 is 5.97 Å². The van der Waals surface area contributed by atoms with Crippen LogP contribution in [0.1, 0.15) is 13.3 Å². The minimum absolute atomic E-state index is 0.236. The lowest BCUT2D eigenvalue weighted by Gasteiger charge is -2.08. The molecule has 0 aliphatic rings. The number of rotatable bonds is 5. The van der Waals surface area contributed by atoms with Crippen LogP contribution in [-0.4, -0.2) is 24.2 Å². The van der Waals surface area contributed by atoms with E-state index in [1.54, 1.807) is 6.92 Å². The van der Waals surface area contributed by atoms with Gasteiger partial charge in [-0.2, -0.15) is 0 Å². The highest BCUT2D eigenvalue weighted by molar-refractivity contribution is 5.81. The zero-order valence-corrected chi connectivity index (χ0v) is 6.45. The molecule has 0 heterocycles. The molecule has 0 saturated heterocycles. The molecule has 0 aromatic rings. The Morgan fingerprint density at radius 3 is 2.91 bits per heavy atom. The summed E-state index contributed by atoms with van der Waals surface area (Å²) < 4.78 is 9.05. The van der Waals surface area contributed by atoms with Crippen molar-refractivity contribution in [3.8, 4) is 0 Å². The van der Waals surface area contributed by atoms with E-state index in [9.17, 15) is 4.79 Å². The molecule has 1 unspecified atom stereocenters. The number of aliphatic hydroxyl groups is 1. The van der Waals surface area contributed by atoms with Crippen molar-refractivity contribution in [2.45, 2.75) is 19.6 Å². The fourth-order valence-corrected chi connectivity index (χ4v) is 0.347. The molecule has 0 aliphatic heterocycles. The molecule has 0 spiro atoms. The molecule has 0 fully saturated rings. The lowest BCUT2D eigenvalue weighted by atomic mass is 10.5. The van der Waals surface area contributed by atoms with Crippen molar-refractivity contribution in [3.63, 3.8) is 0 Å². The second-order valence-electron chi connectivity index (χ2n) is 1.81. The lowest BCUT2D eigenvalue weighted by molar-refractivity contribution is -0.180. The summed E-state index contributed by atoms with van der Waals surface area (Å²) in [6.07, 6.45) is 0.625. The third kappa shape index (κ3) is 5.57. The van der Waals surface area contributed by atoms with Crippen molar-refractivity contribution in [1.29, 1.82) is 0 Å². The van der Waals surface area contributed by atoms with Crippen molar-refractivity contribution in [2.24, 2.45) is 0 Å². The minimum Gasteiger partial charge on any atom is -0.435 e. The highest BCUT2D eigenvalue weighted by atomic mass is 16.7. The third-order valence-corrected chi connectivity index (χ3v) is 0.978. The Morgan fingerprint density at radius 1 is 1.82 bits per heavy atom. The first-order chi connectivity index (χ1) is 5.20. The van der Waals surface area contributed by atoms with Crippen LogP contribution in [0.3, 0.4) is 0 Å². The fourth-order valence-electron chi connectivity index (χ4n) is 0.347. The predicted molar refractivity (Wildman–Crippen MR) is 38.5 cm³/mol. The normalized spacial score (nSPS) is 12.2. The summed E-state index contributed by atoms with van der Waals surface area (Å²) in [7, 11) is 0. The van der Waals surface area contributed by atoms with Crippen molar-refractivity contribution in [1.82, 2.24) is 0 Å². The number of ether oxygens (including phenoxy) is 2. The predicted octanol–water partition coefficient (Wildman–Crippen LogP) is 0.418. The van der Waals surface area contributed by atoms with Crippen LogP contribution < -0.4 is 0 Å². The van der Waals surface area contributed by atoms with Gasteiger partial charge in [0, 0.05) is 6.08 Å². The molecule has 0 aromatic carbocycles. The zero-order chi connectivity index (χ0) is 8.69.